The zero-order valence-electron chi connectivity index (χ0n) is 9.77. The molecule has 1 saturated heterocycles. The van der Waals surface area contributed by atoms with Gasteiger partial charge in [0.2, 0.25) is 5.91 Å². The Hall–Kier alpha value is -1.30. The van der Waals surface area contributed by atoms with Crippen LogP contribution in [0.4, 0.5) is 0 Å². The molecule has 92 valence electrons. The maximum atomic E-state index is 11.5. The lowest BCUT2D eigenvalue weighted by molar-refractivity contribution is -0.136. The van der Waals surface area contributed by atoms with E-state index in [2.05, 4.69) is 5.16 Å². The van der Waals surface area contributed by atoms with Gasteiger partial charge in [0.25, 0.3) is 0 Å². The van der Waals surface area contributed by atoms with Gasteiger partial charge in [-0.15, -0.1) is 0 Å². The average molecular weight is 229 g/mol. The van der Waals surface area contributed by atoms with Crippen LogP contribution in [0, 0.1) is 5.41 Å². The van der Waals surface area contributed by atoms with Crippen molar-refractivity contribution in [2.45, 2.75) is 19.8 Å². The number of ether oxygens (including phenoxy) is 1. The van der Waals surface area contributed by atoms with Crippen molar-refractivity contribution in [3.8, 4) is 0 Å². The fraction of sp³-hybridized carbons (Fsp3) is 0.800. The van der Waals surface area contributed by atoms with Gasteiger partial charge >= 0.3 is 0 Å². The summed E-state index contributed by atoms with van der Waals surface area (Å²) in [5.74, 6) is 0.232. The number of rotatable bonds is 3. The van der Waals surface area contributed by atoms with E-state index < -0.39 is 0 Å². The van der Waals surface area contributed by atoms with Crippen LogP contribution >= 0.6 is 0 Å². The first-order valence-corrected chi connectivity index (χ1v) is 5.28. The maximum absolute atomic E-state index is 11.5. The third-order valence-corrected chi connectivity index (χ3v) is 3.21. The van der Waals surface area contributed by atoms with Crippen molar-refractivity contribution in [3.05, 3.63) is 0 Å². The molecule has 0 unspecified atom stereocenters. The van der Waals surface area contributed by atoms with Gasteiger partial charge in [0, 0.05) is 25.6 Å². The van der Waals surface area contributed by atoms with Crippen LogP contribution in [-0.2, 0) is 9.53 Å². The molecule has 1 heterocycles. The number of amides is 1. The fourth-order valence-electron chi connectivity index (χ4n) is 1.84. The van der Waals surface area contributed by atoms with Gasteiger partial charge in [0.15, 0.2) is 0 Å². The van der Waals surface area contributed by atoms with Crippen molar-refractivity contribution in [3.63, 3.8) is 0 Å². The van der Waals surface area contributed by atoms with Crippen molar-refractivity contribution < 1.29 is 14.7 Å². The summed E-state index contributed by atoms with van der Waals surface area (Å²) in [5.41, 5.74) is 5.33. The van der Waals surface area contributed by atoms with E-state index in [1.54, 1.807) is 4.90 Å². The Balaban J connectivity index is 2.54. The number of carbonyl (C=O) groups excluding carboxylic acids is 1. The quantitative estimate of drug-likeness (QED) is 0.309. The van der Waals surface area contributed by atoms with Crippen LogP contribution in [0.2, 0.25) is 0 Å². The van der Waals surface area contributed by atoms with Crippen LogP contribution in [-0.4, -0.2) is 48.7 Å². The number of oxime groups is 1. The number of methoxy groups -OCH3 is 1. The van der Waals surface area contributed by atoms with E-state index in [0.717, 1.165) is 0 Å². The van der Waals surface area contributed by atoms with Crippen molar-refractivity contribution >= 4 is 11.7 Å². The highest BCUT2D eigenvalue weighted by atomic mass is 16.5. The Bertz CT molecular complexity index is 283. The van der Waals surface area contributed by atoms with E-state index >= 15 is 0 Å². The number of hydrogen-bond acceptors (Lipinski definition) is 4. The highest BCUT2D eigenvalue weighted by Gasteiger charge is 2.35. The summed E-state index contributed by atoms with van der Waals surface area (Å²) in [4.78, 5) is 13.3. The molecule has 1 aliphatic heterocycles. The van der Waals surface area contributed by atoms with Crippen molar-refractivity contribution in [1.82, 2.24) is 4.90 Å². The van der Waals surface area contributed by atoms with Crippen LogP contribution < -0.4 is 5.73 Å². The second-order valence-corrected chi connectivity index (χ2v) is 4.36. The van der Waals surface area contributed by atoms with E-state index in [0.29, 0.717) is 25.9 Å². The summed E-state index contributed by atoms with van der Waals surface area (Å²) >= 11 is 0. The molecule has 0 aromatic heterocycles. The average Bonchev–Trinajstić information content (AvgIpc) is 2.29. The van der Waals surface area contributed by atoms with Crippen LogP contribution in [0.25, 0.3) is 0 Å². The largest absolute Gasteiger partial charge is 0.409 e. The zero-order valence-corrected chi connectivity index (χ0v) is 9.77. The molecule has 0 aromatic carbocycles. The standard InChI is InChI=1S/C10H19N3O3/c1-10(9(11)12-15)3-5-13(6-4-10)8(14)7-16-2/h15H,3-7H2,1-2H3,(H2,11,12). The molecule has 1 rings (SSSR count). The summed E-state index contributed by atoms with van der Waals surface area (Å²) in [5, 5.41) is 11.7. The number of likely N-dealkylation sites (tertiary alicyclic amines) is 1. The van der Waals surface area contributed by atoms with Gasteiger partial charge < -0.3 is 20.6 Å². The molecular formula is C10H19N3O3. The molecular weight excluding hydrogens is 210 g/mol. The van der Waals surface area contributed by atoms with E-state index in [-0.39, 0.29) is 23.8 Å². The number of carbonyl (C=O) groups is 1. The third kappa shape index (κ3) is 2.63. The first-order chi connectivity index (χ1) is 7.53. The van der Waals surface area contributed by atoms with Gasteiger partial charge in [-0.25, -0.2) is 0 Å². The minimum Gasteiger partial charge on any atom is -0.409 e. The summed E-state index contributed by atoms with van der Waals surface area (Å²) in [7, 11) is 1.50. The van der Waals surface area contributed by atoms with Crippen molar-refractivity contribution in [1.29, 1.82) is 0 Å². The summed E-state index contributed by atoms with van der Waals surface area (Å²) in [6.07, 6.45) is 1.41. The van der Waals surface area contributed by atoms with Crippen LogP contribution in [0.15, 0.2) is 5.16 Å². The summed E-state index contributed by atoms with van der Waals surface area (Å²) in [6, 6.07) is 0. The molecule has 0 aliphatic carbocycles. The third-order valence-electron chi connectivity index (χ3n) is 3.21. The fourth-order valence-corrected chi connectivity index (χ4v) is 1.84. The zero-order chi connectivity index (χ0) is 12.2. The Labute approximate surface area is 95.0 Å². The predicted molar refractivity (Wildman–Crippen MR) is 59.2 cm³/mol. The Kier molecular flexibility index (Phi) is 4.12. The second-order valence-electron chi connectivity index (χ2n) is 4.36. The topological polar surface area (TPSA) is 88.2 Å². The highest BCUT2D eigenvalue weighted by Crippen LogP contribution is 2.30. The lowest BCUT2D eigenvalue weighted by Crippen LogP contribution is -2.48. The molecule has 0 spiro atoms. The van der Waals surface area contributed by atoms with Crippen molar-refractivity contribution in [2.24, 2.45) is 16.3 Å². The number of hydrogen-bond donors (Lipinski definition) is 2. The predicted octanol–water partition coefficient (Wildman–Crippen LogP) is 0.00790. The van der Waals surface area contributed by atoms with Crippen LogP contribution in [0.3, 0.4) is 0 Å². The van der Waals surface area contributed by atoms with Gasteiger partial charge in [0.1, 0.15) is 12.4 Å². The number of piperidine rings is 1. The molecule has 6 heteroatoms. The first kappa shape index (κ1) is 12.8. The SMILES string of the molecule is COCC(=O)N1CCC(C)(C(N)=NO)CC1. The molecule has 3 N–H and O–H groups in total. The molecule has 16 heavy (non-hydrogen) atoms. The van der Waals surface area contributed by atoms with E-state index in [4.69, 9.17) is 15.7 Å². The molecule has 6 nitrogen and oxygen atoms in total. The van der Waals surface area contributed by atoms with Gasteiger partial charge in [-0.2, -0.15) is 0 Å². The van der Waals surface area contributed by atoms with Crippen LogP contribution in [0.1, 0.15) is 19.8 Å². The molecule has 0 atom stereocenters. The van der Waals surface area contributed by atoms with Gasteiger partial charge in [0.05, 0.1) is 0 Å². The smallest absolute Gasteiger partial charge is 0.248 e. The van der Waals surface area contributed by atoms with E-state index in [1.165, 1.54) is 7.11 Å². The molecule has 0 aromatic rings. The van der Waals surface area contributed by atoms with Crippen molar-refractivity contribution in [2.75, 3.05) is 26.8 Å². The normalized spacial score (nSPS) is 20.9. The monoisotopic (exact) mass is 229 g/mol. The van der Waals surface area contributed by atoms with Crippen LogP contribution in [0.5, 0.6) is 0 Å². The number of nitrogens with two attached hydrogens (primary N) is 1. The second kappa shape index (κ2) is 5.16. The first-order valence-electron chi connectivity index (χ1n) is 5.28. The number of nitrogens with zero attached hydrogens (tertiary/aromatic N) is 2. The lowest BCUT2D eigenvalue weighted by atomic mass is 9.79. The van der Waals surface area contributed by atoms with Gasteiger partial charge in [-0.1, -0.05) is 12.1 Å². The minimum absolute atomic E-state index is 0.0101. The summed E-state index contributed by atoms with van der Waals surface area (Å²) < 4.78 is 4.80. The van der Waals surface area contributed by atoms with Gasteiger partial charge in [-0.3, -0.25) is 4.79 Å². The van der Waals surface area contributed by atoms with Gasteiger partial charge in [-0.05, 0) is 12.8 Å². The Morgan fingerprint density at radius 3 is 2.56 bits per heavy atom. The Morgan fingerprint density at radius 1 is 1.56 bits per heavy atom. The number of amidine groups is 1. The molecule has 0 saturated carbocycles. The van der Waals surface area contributed by atoms with E-state index in [1.807, 2.05) is 6.92 Å². The Morgan fingerprint density at radius 2 is 2.12 bits per heavy atom. The molecule has 0 radical (unpaired) electrons. The molecule has 1 aliphatic rings. The lowest BCUT2D eigenvalue weighted by Gasteiger charge is -2.38. The minimum atomic E-state index is -0.307. The molecule has 1 amide bonds. The maximum Gasteiger partial charge on any atom is 0.248 e. The highest BCUT2D eigenvalue weighted by molar-refractivity contribution is 5.86. The summed E-state index contributed by atoms with van der Waals surface area (Å²) in [6.45, 7) is 3.30. The van der Waals surface area contributed by atoms with E-state index in [9.17, 15) is 4.79 Å². The molecule has 1 fully saturated rings. The molecule has 0 bridgehead atoms.